The van der Waals surface area contributed by atoms with Crippen molar-refractivity contribution < 1.29 is 13.9 Å². The molecule has 0 bridgehead atoms. The Balaban J connectivity index is 1.39. The van der Waals surface area contributed by atoms with E-state index < -0.39 is 6.86 Å². The Morgan fingerprint density at radius 2 is 2.07 bits per heavy atom. The van der Waals surface area contributed by atoms with Crippen LogP contribution in [0.4, 0.5) is 10.2 Å². The molecule has 0 saturated carbocycles. The summed E-state index contributed by atoms with van der Waals surface area (Å²) in [5.74, 6) is 0.669. The number of rotatable bonds is 7. The minimum absolute atomic E-state index is 0.159. The van der Waals surface area contributed by atoms with Crippen LogP contribution in [0, 0.1) is 6.92 Å². The minimum Gasteiger partial charge on any atom is -0.463 e. The zero-order chi connectivity index (χ0) is 21.1. The van der Waals surface area contributed by atoms with Crippen molar-refractivity contribution in [1.29, 1.82) is 0 Å². The average Bonchev–Trinajstić information content (AvgIpc) is 3.26. The quantitative estimate of drug-likeness (QED) is 0.508. The lowest BCUT2D eigenvalue weighted by atomic mass is 10.1. The van der Waals surface area contributed by atoms with Crippen molar-refractivity contribution in [3.05, 3.63) is 71.5 Å². The highest BCUT2D eigenvalue weighted by Gasteiger charge is 2.10. The molecule has 2 aromatic heterocycles. The van der Waals surface area contributed by atoms with E-state index in [0.717, 1.165) is 22.0 Å². The molecule has 4 aromatic rings. The van der Waals surface area contributed by atoms with Crippen LogP contribution in [0.2, 0.25) is 0 Å². The van der Waals surface area contributed by atoms with Crippen molar-refractivity contribution in [2.24, 2.45) is 7.05 Å². The number of hydrogen-bond acceptors (Lipinski definition) is 4. The van der Waals surface area contributed by atoms with Gasteiger partial charge in [0.25, 0.3) is 0 Å². The lowest BCUT2D eigenvalue weighted by Crippen LogP contribution is -2.15. The third kappa shape index (κ3) is 4.32. The summed E-state index contributed by atoms with van der Waals surface area (Å²) in [5.41, 5.74) is 4.12. The maximum Gasteiger partial charge on any atom is 0.230 e. The molecule has 30 heavy (non-hydrogen) atoms. The first-order valence-electron chi connectivity index (χ1n) is 9.54. The number of anilines is 1. The van der Waals surface area contributed by atoms with E-state index in [9.17, 15) is 9.18 Å². The lowest BCUT2D eigenvalue weighted by molar-refractivity contribution is -0.115. The van der Waals surface area contributed by atoms with Gasteiger partial charge in [0.1, 0.15) is 5.75 Å². The Bertz CT molecular complexity index is 1200. The number of halogens is 1. The number of amides is 1. The Morgan fingerprint density at radius 3 is 2.90 bits per heavy atom. The Kier molecular flexibility index (Phi) is 5.47. The van der Waals surface area contributed by atoms with Gasteiger partial charge in [0.2, 0.25) is 12.8 Å². The number of fused-ring (bicyclic) bond motifs is 1. The van der Waals surface area contributed by atoms with Crippen molar-refractivity contribution in [2.75, 3.05) is 12.2 Å². The minimum atomic E-state index is -0.879. The van der Waals surface area contributed by atoms with Gasteiger partial charge in [0.05, 0.1) is 19.2 Å². The third-order valence-electron chi connectivity index (χ3n) is 4.87. The number of aromatic nitrogens is 4. The number of nitrogens with one attached hydrogen (secondary N) is 1. The van der Waals surface area contributed by atoms with Crippen LogP contribution >= 0.6 is 0 Å². The molecule has 0 radical (unpaired) electrons. The Hall–Kier alpha value is -3.68. The van der Waals surface area contributed by atoms with Crippen LogP contribution in [-0.4, -0.2) is 32.3 Å². The van der Waals surface area contributed by atoms with Gasteiger partial charge in [0.15, 0.2) is 5.82 Å². The first-order valence-corrected chi connectivity index (χ1v) is 9.54. The predicted octanol–water partition coefficient (Wildman–Crippen LogP) is 3.61. The number of alkyl halides is 1. The highest BCUT2D eigenvalue weighted by molar-refractivity contribution is 5.92. The number of ether oxygens (including phenoxy) is 1. The summed E-state index contributed by atoms with van der Waals surface area (Å²) in [6.45, 7) is 1.56. The molecule has 8 heteroatoms. The summed E-state index contributed by atoms with van der Waals surface area (Å²) in [6.07, 6.45) is 3.83. The van der Waals surface area contributed by atoms with E-state index >= 15 is 0 Å². The molecule has 0 unspecified atom stereocenters. The highest BCUT2D eigenvalue weighted by atomic mass is 19.1. The molecule has 0 aliphatic heterocycles. The van der Waals surface area contributed by atoms with Gasteiger partial charge in [-0.05, 0) is 47.9 Å². The standard InChI is InChI=1S/C22H22FN5O2/c1-15-12-27(2)20-7-6-16(9-19(15)20)10-22(29)25-21-11-24-28(26-21)13-17-4-3-5-18(8-17)30-14-23/h3-9,11-12H,10,13-14H2,1-2H3,(H,25,26,29). The van der Waals surface area contributed by atoms with Crippen molar-refractivity contribution >= 4 is 22.6 Å². The second-order valence-electron chi connectivity index (χ2n) is 7.16. The number of carbonyl (C=O) groups excluding carboxylic acids is 1. The highest BCUT2D eigenvalue weighted by Crippen LogP contribution is 2.21. The van der Waals surface area contributed by atoms with Gasteiger partial charge in [-0.1, -0.05) is 18.2 Å². The van der Waals surface area contributed by atoms with Crippen molar-refractivity contribution in [3.63, 3.8) is 0 Å². The average molecular weight is 407 g/mol. The van der Waals surface area contributed by atoms with Gasteiger partial charge in [-0.2, -0.15) is 9.90 Å². The largest absolute Gasteiger partial charge is 0.463 e. The van der Waals surface area contributed by atoms with E-state index in [2.05, 4.69) is 33.2 Å². The molecule has 0 aliphatic carbocycles. The summed E-state index contributed by atoms with van der Waals surface area (Å²) >= 11 is 0. The smallest absolute Gasteiger partial charge is 0.230 e. The molecule has 1 N–H and O–H groups in total. The number of aryl methyl sites for hydroxylation is 2. The molecule has 0 aliphatic rings. The monoisotopic (exact) mass is 407 g/mol. The molecular weight excluding hydrogens is 385 g/mol. The molecule has 1 amide bonds. The van der Waals surface area contributed by atoms with Crippen molar-refractivity contribution in [1.82, 2.24) is 19.6 Å². The predicted molar refractivity (Wildman–Crippen MR) is 112 cm³/mol. The maximum absolute atomic E-state index is 12.4. The molecule has 0 atom stereocenters. The summed E-state index contributed by atoms with van der Waals surface area (Å²) in [7, 11) is 2.01. The molecule has 4 rings (SSSR count). The number of benzene rings is 2. The van der Waals surface area contributed by atoms with Crippen LogP contribution in [0.3, 0.4) is 0 Å². The second kappa shape index (κ2) is 8.36. The third-order valence-corrected chi connectivity index (χ3v) is 4.87. The van der Waals surface area contributed by atoms with Gasteiger partial charge < -0.3 is 14.6 Å². The number of carbonyl (C=O) groups is 1. The first-order chi connectivity index (χ1) is 14.5. The van der Waals surface area contributed by atoms with Crippen LogP contribution in [0.15, 0.2) is 54.9 Å². The normalized spacial score (nSPS) is 11.0. The molecule has 2 heterocycles. The molecular formula is C22H22FN5O2. The van der Waals surface area contributed by atoms with E-state index in [1.54, 1.807) is 18.2 Å². The van der Waals surface area contributed by atoms with Gasteiger partial charge >= 0.3 is 0 Å². The van der Waals surface area contributed by atoms with Gasteiger partial charge in [-0.25, -0.2) is 4.39 Å². The summed E-state index contributed by atoms with van der Waals surface area (Å²) < 4.78 is 19.3. The second-order valence-corrected chi connectivity index (χ2v) is 7.16. The van der Waals surface area contributed by atoms with E-state index in [4.69, 9.17) is 4.74 Å². The van der Waals surface area contributed by atoms with Crippen molar-refractivity contribution in [2.45, 2.75) is 19.9 Å². The van der Waals surface area contributed by atoms with Crippen molar-refractivity contribution in [3.8, 4) is 5.75 Å². The fraction of sp³-hybridized carbons (Fsp3) is 0.227. The van der Waals surface area contributed by atoms with E-state index in [1.165, 1.54) is 16.6 Å². The number of nitrogens with zero attached hydrogens (tertiary/aromatic N) is 4. The van der Waals surface area contributed by atoms with Gasteiger partial charge in [-0.3, -0.25) is 4.79 Å². The van der Waals surface area contributed by atoms with E-state index in [-0.39, 0.29) is 12.3 Å². The molecule has 2 aromatic carbocycles. The topological polar surface area (TPSA) is 74.0 Å². The number of hydrogen-bond donors (Lipinski definition) is 1. The van der Waals surface area contributed by atoms with Gasteiger partial charge in [0, 0.05) is 24.1 Å². The summed E-state index contributed by atoms with van der Waals surface area (Å²) in [6, 6.07) is 13.1. The van der Waals surface area contributed by atoms with Crippen LogP contribution in [0.1, 0.15) is 16.7 Å². The zero-order valence-corrected chi connectivity index (χ0v) is 16.8. The Labute approximate surface area is 173 Å². The van der Waals surface area contributed by atoms with Crippen LogP contribution in [0.25, 0.3) is 10.9 Å². The van der Waals surface area contributed by atoms with Crippen LogP contribution < -0.4 is 10.1 Å². The molecule has 0 spiro atoms. The van der Waals surface area contributed by atoms with Gasteiger partial charge in [-0.15, -0.1) is 5.10 Å². The maximum atomic E-state index is 12.4. The van der Waals surface area contributed by atoms with E-state index in [0.29, 0.717) is 18.1 Å². The zero-order valence-electron chi connectivity index (χ0n) is 16.8. The molecule has 0 fully saturated rings. The molecule has 7 nitrogen and oxygen atoms in total. The molecule has 154 valence electrons. The summed E-state index contributed by atoms with van der Waals surface area (Å²) in [4.78, 5) is 13.9. The first kappa shape index (κ1) is 19.6. The van der Waals surface area contributed by atoms with E-state index in [1.807, 2.05) is 31.3 Å². The lowest BCUT2D eigenvalue weighted by Gasteiger charge is -2.05. The fourth-order valence-electron chi connectivity index (χ4n) is 3.51. The van der Waals surface area contributed by atoms with Crippen LogP contribution in [-0.2, 0) is 24.8 Å². The fourth-order valence-corrected chi connectivity index (χ4v) is 3.51. The SMILES string of the molecule is Cc1cn(C)c2ccc(CC(=O)Nc3cnn(Cc4cccc(OCF)c4)n3)cc12. The molecule has 0 saturated heterocycles. The Morgan fingerprint density at radius 1 is 1.20 bits per heavy atom. The summed E-state index contributed by atoms with van der Waals surface area (Å²) in [5, 5.41) is 12.4. The van der Waals surface area contributed by atoms with Crippen LogP contribution in [0.5, 0.6) is 5.75 Å².